The molecule has 1 aliphatic carbocycles. The van der Waals surface area contributed by atoms with Crippen molar-refractivity contribution in [1.29, 1.82) is 0 Å². The van der Waals surface area contributed by atoms with E-state index in [0.717, 1.165) is 120 Å². The second-order valence-electron chi connectivity index (χ2n) is 24.0. The molecule has 21 heterocycles. The van der Waals surface area contributed by atoms with E-state index in [1.54, 1.807) is 185 Å². The normalized spacial score (nSPS) is 10.5. The van der Waals surface area contributed by atoms with Gasteiger partial charge in [0.15, 0.2) is 34.4 Å². The van der Waals surface area contributed by atoms with Crippen LogP contribution in [0.4, 0.5) is 0 Å². The van der Waals surface area contributed by atoms with E-state index in [9.17, 15) is 0 Å². The number of fused-ring (bicyclic) bond motifs is 13. The lowest BCUT2D eigenvalue weighted by Gasteiger charge is -1.90. The first-order valence-electron chi connectivity index (χ1n) is 36.1. The van der Waals surface area contributed by atoms with Crippen LogP contribution in [0.3, 0.4) is 0 Å². The Kier molecular flexibility index (Phi) is 29.6. The van der Waals surface area contributed by atoms with E-state index >= 15 is 0 Å². The van der Waals surface area contributed by atoms with Crippen LogP contribution in [0.1, 0.15) is 11.3 Å². The predicted octanol–water partition coefficient (Wildman–Crippen LogP) is 25.0. The van der Waals surface area contributed by atoms with Gasteiger partial charge in [-0.25, -0.2) is 49.8 Å². The van der Waals surface area contributed by atoms with Crippen LogP contribution in [0.5, 0.6) is 0 Å². The lowest BCUT2D eigenvalue weighted by atomic mass is 10.3. The van der Waals surface area contributed by atoms with E-state index in [2.05, 4.69) is 128 Å². The van der Waals surface area contributed by atoms with Crippen molar-refractivity contribution in [1.82, 2.24) is 79.7 Å². The van der Waals surface area contributed by atoms with Gasteiger partial charge < -0.3 is 22.1 Å². The third-order valence-electron chi connectivity index (χ3n) is 16.3. The van der Waals surface area contributed by atoms with Gasteiger partial charge in [-0.05, 0) is 175 Å². The van der Waals surface area contributed by atoms with Crippen molar-refractivity contribution in [2.24, 2.45) is 0 Å². The molecule has 26 rings (SSSR count). The third kappa shape index (κ3) is 23.8. The Morgan fingerprint density at radius 3 is 1.47 bits per heavy atom. The number of para-hydroxylation sites is 4. The highest BCUT2D eigenvalue weighted by Crippen LogP contribution is 2.23. The van der Waals surface area contributed by atoms with E-state index < -0.39 is 0 Å². The summed E-state index contributed by atoms with van der Waals surface area (Å²) in [6.45, 7) is 0. The number of allylic oxidation sites excluding steroid dienone is 1. The fraction of sp³-hybridized carbons (Fsp3) is 0.0110. The lowest BCUT2D eigenvalue weighted by Crippen LogP contribution is -1.78. The maximum atomic E-state index is 5.12. The molecule has 0 N–H and O–H groups in total. The van der Waals surface area contributed by atoms with Crippen molar-refractivity contribution in [3.63, 3.8) is 0 Å². The molecular weight excluding hydrogens is 1590 g/mol. The van der Waals surface area contributed by atoms with Gasteiger partial charge in [-0.15, -0.1) is 68.0 Å². The number of rotatable bonds is 0. The average Bonchev–Trinajstić information content (AvgIpc) is 1.83. The van der Waals surface area contributed by atoms with Crippen molar-refractivity contribution in [3.8, 4) is 0 Å². The Labute approximate surface area is 697 Å². The zero-order valence-corrected chi connectivity index (χ0v) is 67.2. The molecule has 0 bridgehead atoms. The highest BCUT2D eigenvalue weighted by Gasteiger charge is 2.06. The molecule has 576 valence electrons. The quantitative estimate of drug-likeness (QED) is 0.136. The van der Waals surface area contributed by atoms with Gasteiger partial charge in [0.2, 0.25) is 0 Å². The SMILES string of the molecule is C1=Cc2occc2C1.c1cc2ccoc2cn1.c1cc2ncsc2cn1.c1cc2scnc2cn1.c1ccc2occc2c1.c1ccc2ocnc2c1.c1ccc2sccc2c1.c1ccc2scnc2c1.c1cnc2ccoc2c1.c1cnc2cnccc2c1.c1cnc2ncccc2c1.c1cnc2ncsc2c1.c1cnc2scnc2c1. The van der Waals surface area contributed by atoms with Gasteiger partial charge in [-0.2, -0.15) is 0 Å². The van der Waals surface area contributed by atoms with Crippen molar-refractivity contribution in [3.05, 3.63) is 393 Å². The largest absolute Gasteiger partial charge is 0.465 e. The minimum Gasteiger partial charge on any atom is -0.465 e. The van der Waals surface area contributed by atoms with Crippen LogP contribution in [-0.4, -0.2) is 79.7 Å². The molecule has 1 aliphatic rings. The Morgan fingerprint density at radius 1 is 0.246 bits per heavy atom. The lowest BCUT2D eigenvalue weighted by molar-refractivity contribution is 0.556. The first-order chi connectivity index (χ1) is 58.6. The minimum absolute atomic E-state index is 0.810. The fourth-order valence-electron chi connectivity index (χ4n) is 10.6. The maximum Gasteiger partial charge on any atom is 0.181 e. The Bertz CT molecular complexity index is 5610. The molecule has 0 amide bonds. The molecule has 0 fully saturated rings. The number of hydrogen-bond donors (Lipinski definition) is 0. The number of thiophene rings is 1. The van der Waals surface area contributed by atoms with E-state index in [1.165, 1.54) is 31.4 Å². The fourth-order valence-corrected chi connectivity index (χ4v) is 14.7. The van der Waals surface area contributed by atoms with E-state index in [0.29, 0.717) is 0 Å². The zero-order chi connectivity index (χ0) is 80.1. The van der Waals surface area contributed by atoms with Gasteiger partial charge in [-0.1, -0.05) is 72.8 Å². The number of nitrogens with zero attached hydrogens (tertiary/aromatic N) is 16. The van der Waals surface area contributed by atoms with E-state index in [4.69, 9.17) is 22.1 Å². The number of aromatic nitrogens is 16. The van der Waals surface area contributed by atoms with Crippen molar-refractivity contribution < 1.29 is 22.1 Å². The average molecular weight is 1660 g/mol. The van der Waals surface area contributed by atoms with Gasteiger partial charge in [-0.3, -0.25) is 29.9 Å². The highest BCUT2D eigenvalue weighted by molar-refractivity contribution is 7.18. The number of hydrogen-bond acceptors (Lipinski definition) is 27. The van der Waals surface area contributed by atoms with Gasteiger partial charge in [0.1, 0.15) is 27.2 Å². The van der Waals surface area contributed by atoms with Crippen LogP contribution in [-0.2, 0) is 6.42 Å². The number of oxazole rings is 1. The number of thiazole rings is 5. The first-order valence-corrected chi connectivity index (χ1v) is 41.4. The maximum absolute atomic E-state index is 5.12. The molecule has 0 atom stereocenters. The summed E-state index contributed by atoms with van der Waals surface area (Å²) in [5.74, 6) is 1.03. The summed E-state index contributed by atoms with van der Waals surface area (Å²) in [6, 6.07) is 73.0. The standard InChI is InChI=1S/2C8H6N2.C8H6O.C8H6S.3C7H5NO.C7H5NS.C7H6O.4C6H4N2S/c1-3-7-4-2-6-10-8(7)9-5-1;1-2-7-3-5-9-6-8(7)10-4-1;2*1-2-4-8-7(3-1)5-6-9-8;1-3-8-5-7-6(1)2-4-9-7;1-2-7-6(8-4-1)3-5-9-7;2*1-2-4-7-6(3-1)8-5-9-7;1-2-6-4-5-8-7(6)3-1;1-2-7-3-5-6(1)9-4-8-5;1-2-7-3-6-5(1)8-4-9-6;1-2-5-6(7-3-1)8-4-9-5;1-2-5-6(7-3-1)9-4-8-5/h2*1-6H;2*1-6H;4*1-5H;1,3-5H,2H2;4*1-4H. The van der Waals surface area contributed by atoms with Crippen LogP contribution in [0.25, 0.3) is 134 Å². The molecular formula is C91H66N16O5S6. The molecule has 118 heavy (non-hydrogen) atoms. The zero-order valence-electron chi connectivity index (χ0n) is 62.3. The topological polar surface area (TPSA) is 272 Å². The van der Waals surface area contributed by atoms with Crippen LogP contribution in [0.2, 0.25) is 0 Å². The van der Waals surface area contributed by atoms with Crippen molar-refractivity contribution in [2.75, 3.05) is 0 Å². The molecule has 4 aromatic carbocycles. The number of pyridine rings is 10. The van der Waals surface area contributed by atoms with Crippen LogP contribution >= 0.6 is 68.0 Å². The summed E-state index contributed by atoms with van der Waals surface area (Å²) in [5, 5.41) is 7.96. The van der Waals surface area contributed by atoms with Crippen LogP contribution in [0, 0.1) is 0 Å². The van der Waals surface area contributed by atoms with Gasteiger partial charge in [0.25, 0.3) is 0 Å². The first kappa shape index (κ1) is 80.0. The summed E-state index contributed by atoms with van der Waals surface area (Å²) in [7, 11) is 0. The number of benzene rings is 4. The molecule has 0 unspecified atom stereocenters. The third-order valence-corrected chi connectivity index (χ3v) is 21.2. The van der Waals surface area contributed by atoms with Gasteiger partial charge in [0.05, 0.1) is 118 Å². The molecule has 25 aromatic rings. The van der Waals surface area contributed by atoms with E-state index in [-0.39, 0.29) is 0 Å². The molecule has 21 nitrogen and oxygen atoms in total. The molecule has 0 saturated heterocycles. The Hall–Kier alpha value is -14.6. The summed E-state index contributed by atoms with van der Waals surface area (Å²) >= 11 is 9.89. The number of furan rings is 4. The summed E-state index contributed by atoms with van der Waals surface area (Å²) in [4.78, 5) is 65.5. The van der Waals surface area contributed by atoms with Gasteiger partial charge in [0, 0.05) is 106 Å². The molecule has 0 aliphatic heterocycles. The molecule has 21 aromatic heterocycles. The smallest absolute Gasteiger partial charge is 0.181 e. The highest BCUT2D eigenvalue weighted by atomic mass is 32.1. The summed E-state index contributed by atoms with van der Waals surface area (Å²) in [6.07, 6.45) is 38.0. The van der Waals surface area contributed by atoms with Crippen molar-refractivity contribution >= 4 is 202 Å². The monoisotopic (exact) mass is 1650 g/mol. The minimum atomic E-state index is 0.810. The Balaban J connectivity index is 0.000000105. The predicted molar refractivity (Wildman–Crippen MR) is 480 cm³/mol. The van der Waals surface area contributed by atoms with Gasteiger partial charge >= 0.3 is 0 Å². The van der Waals surface area contributed by atoms with Crippen molar-refractivity contribution in [2.45, 2.75) is 6.42 Å². The Morgan fingerprint density at radius 2 is 0.746 bits per heavy atom. The molecule has 0 spiro atoms. The van der Waals surface area contributed by atoms with E-state index in [1.807, 2.05) is 217 Å². The summed E-state index contributed by atoms with van der Waals surface area (Å²) < 4.78 is 31.5. The van der Waals surface area contributed by atoms with Crippen LogP contribution in [0.15, 0.2) is 404 Å². The van der Waals surface area contributed by atoms with Crippen LogP contribution < -0.4 is 0 Å². The molecule has 0 radical (unpaired) electrons. The second-order valence-corrected chi connectivity index (χ2v) is 29.3. The second kappa shape index (κ2) is 43.6. The summed E-state index contributed by atoms with van der Waals surface area (Å²) in [5.41, 5.74) is 22.5. The molecule has 27 heteroatoms. The molecule has 0 saturated carbocycles.